The second-order valence-electron chi connectivity index (χ2n) is 9.77. The van der Waals surface area contributed by atoms with E-state index < -0.39 is 0 Å². The third-order valence-electron chi connectivity index (χ3n) is 6.57. The SMILES string of the molecule is CCCCCCCCCCCCCCCCCC[N+](C)(CCOCCO)CCOCCO. The Morgan fingerprint density at radius 3 is 1.16 bits per heavy atom. The van der Waals surface area contributed by atoms with E-state index in [2.05, 4.69) is 14.0 Å². The summed E-state index contributed by atoms with van der Waals surface area (Å²) in [5, 5.41) is 17.8. The predicted octanol–water partition coefficient (Wildman–Crippen LogP) is 5.71. The summed E-state index contributed by atoms with van der Waals surface area (Å²) in [4.78, 5) is 0. The van der Waals surface area contributed by atoms with Crippen LogP contribution in [0.15, 0.2) is 0 Å². The molecule has 0 fully saturated rings. The maximum absolute atomic E-state index is 8.88. The van der Waals surface area contributed by atoms with Crippen molar-refractivity contribution in [3.05, 3.63) is 0 Å². The average molecular weight is 461 g/mol. The van der Waals surface area contributed by atoms with Crippen molar-refractivity contribution in [2.24, 2.45) is 0 Å². The van der Waals surface area contributed by atoms with Gasteiger partial charge in [0.05, 0.1) is 53.2 Å². The maximum atomic E-state index is 8.88. The molecule has 5 nitrogen and oxygen atoms in total. The minimum Gasteiger partial charge on any atom is -0.394 e. The molecule has 0 atom stereocenters. The molecule has 5 heteroatoms. The quantitative estimate of drug-likeness (QED) is 0.122. The lowest BCUT2D eigenvalue weighted by molar-refractivity contribution is -0.910. The Balaban J connectivity index is 3.62. The van der Waals surface area contributed by atoms with Gasteiger partial charge in [-0.15, -0.1) is 0 Å². The summed E-state index contributed by atoms with van der Waals surface area (Å²) in [6.07, 6.45) is 22.4. The number of ether oxygens (including phenoxy) is 2. The van der Waals surface area contributed by atoms with Gasteiger partial charge >= 0.3 is 0 Å². The normalized spacial score (nSPS) is 12.0. The van der Waals surface area contributed by atoms with Crippen LogP contribution in [-0.4, -0.2) is 81.0 Å². The van der Waals surface area contributed by atoms with Crippen molar-refractivity contribution >= 4 is 0 Å². The van der Waals surface area contributed by atoms with Gasteiger partial charge in [0, 0.05) is 0 Å². The Bertz CT molecular complexity index is 343. The Hall–Kier alpha value is -0.200. The van der Waals surface area contributed by atoms with E-state index >= 15 is 0 Å². The van der Waals surface area contributed by atoms with E-state index in [1.807, 2.05) is 0 Å². The van der Waals surface area contributed by atoms with Crippen molar-refractivity contribution in [2.75, 3.05) is 66.3 Å². The molecule has 194 valence electrons. The van der Waals surface area contributed by atoms with Crippen LogP contribution < -0.4 is 0 Å². The number of rotatable bonds is 27. The first-order valence-electron chi connectivity index (χ1n) is 13.9. The average Bonchev–Trinajstić information content (AvgIpc) is 2.79. The van der Waals surface area contributed by atoms with E-state index in [4.69, 9.17) is 19.7 Å². The molecular weight excluding hydrogens is 402 g/mol. The minimum absolute atomic E-state index is 0.0858. The van der Waals surface area contributed by atoms with E-state index in [0.29, 0.717) is 26.4 Å². The lowest BCUT2D eigenvalue weighted by Gasteiger charge is -2.34. The van der Waals surface area contributed by atoms with Crippen LogP contribution >= 0.6 is 0 Å². The molecule has 0 bridgehead atoms. The van der Waals surface area contributed by atoms with E-state index in [1.165, 1.54) is 103 Å². The zero-order valence-electron chi connectivity index (χ0n) is 21.8. The van der Waals surface area contributed by atoms with Crippen molar-refractivity contribution < 1.29 is 24.2 Å². The maximum Gasteiger partial charge on any atom is 0.102 e. The van der Waals surface area contributed by atoms with E-state index in [1.54, 1.807) is 0 Å². The van der Waals surface area contributed by atoms with Gasteiger partial charge in [-0.2, -0.15) is 0 Å². The predicted molar refractivity (Wildman–Crippen MR) is 136 cm³/mol. The molecule has 0 aliphatic rings. The summed E-state index contributed by atoms with van der Waals surface area (Å²) < 4.78 is 11.9. The summed E-state index contributed by atoms with van der Waals surface area (Å²) in [5.74, 6) is 0. The summed E-state index contributed by atoms with van der Waals surface area (Å²) in [7, 11) is 2.27. The highest BCUT2D eigenvalue weighted by Gasteiger charge is 2.20. The lowest BCUT2D eigenvalue weighted by atomic mass is 10.0. The molecule has 2 N–H and O–H groups in total. The number of aliphatic hydroxyl groups excluding tert-OH is 2. The highest BCUT2D eigenvalue weighted by molar-refractivity contribution is 4.51. The minimum atomic E-state index is 0.0858. The molecule has 0 rings (SSSR count). The zero-order chi connectivity index (χ0) is 23.6. The van der Waals surface area contributed by atoms with Gasteiger partial charge in [-0.05, 0) is 12.8 Å². The number of likely N-dealkylation sites (N-methyl/N-ethyl adjacent to an activating group) is 1. The Morgan fingerprint density at radius 2 is 0.812 bits per heavy atom. The lowest BCUT2D eigenvalue weighted by Crippen LogP contribution is -2.49. The van der Waals surface area contributed by atoms with Crippen LogP contribution in [0.1, 0.15) is 110 Å². The molecule has 0 aromatic carbocycles. The molecule has 0 aliphatic carbocycles. The number of unbranched alkanes of at least 4 members (excludes halogenated alkanes) is 15. The zero-order valence-corrected chi connectivity index (χ0v) is 21.8. The third-order valence-corrected chi connectivity index (χ3v) is 6.57. The van der Waals surface area contributed by atoms with Crippen molar-refractivity contribution in [1.82, 2.24) is 0 Å². The van der Waals surface area contributed by atoms with Crippen LogP contribution in [0.4, 0.5) is 0 Å². The van der Waals surface area contributed by atoms with E-state index in [0.717, 1.165) is 24.1 Å². The molecule has 0 heterocycles. The fourth-order valence-corrected chi connectivity index (χ4v) is 4.28. The summed E-state index contributed by atoms with van der Waals surface area (Å²) >= 11 is 0. The number of hydrogen-bond donors (Lipinski definition) is 2. The number of hydrogen-bond acceptors (Lipinski definition) is 4. The Kier molecular flexibility index (Phi) is 25.3. The van der Waals surface area contributed by atoms with Gasteiger partial charge in [-0.1, -0.05) is 96.8 Å². The first kappa shape index (κ1) is 31.8. The summed E-state index contributed by atoms with van der Waals surface area (Å²) in [6.45, 7) is 7.68. The summed E-state index contributed by atoms with van der Waals surface area (Å²) in [6, 6.07) is 0. The Morgan fingerprint density at radius 1 is 0.469 bits per heavy atom. The highest BCUT2D eigenvalue weighted by Crippen LogP contribution is 2.14. The van der Waals surface area contributed by atoms with E-state index in [9.17, 15) is 0 Å². The van der Waals surface area contributed by atoms with Crippen molar-refractivity contribution in [3.8, 4) is 0 Å². The smallest absolute Gasteiger partial charge is 0.102 e. The fourth-order valence-electron chi connectivity index (χ4n) is 4.28. The molecule has 32 heavy (non-hydrogen) atoms. The van der Waals surface area contributed by atoms with Crippen LogP contribution in [0, 0.1) is 0 Å². The number of quaternary nitrogens is 1. The molecule has 0 saturated heterocycles. The largest absolute Gasteiger partial charge is 0.394 e. The summed E-state index contributed by atoms with van der Waals surface area (Å²) in [5.41, 5.74) is 0. The molecule has 0 aromatic heterocycles. The molecule has 0 amide bonds. The molecule has 0 unspecified atom stereocenters. The van der Waals surface area contributed by atoms with Gasteiger partial charge in [0.25, 0.3) is 0 Å². The van der Waals surface area contributed by atoms with Crippen LogP contribution in [0.2, 0.25) is 0 Å². The first-order chi connectivity index (χ1) is 15.7. The first-order valence-corrected chi connectivity index (χ1v) is 13.9. The van der Waals surface area contributed by atoms with Crippen LogP contribution in [0.25, 0.3) is 0 Å². The highest BCUT2D eigenvalue weighted by atomic mass is 16.5. The molecule has 0 saturated carbocycles. The van der Waals surface area contributed by atoms with Gasteiger partial charge in [-0.25, -0.2) is 0 Å². The van der Waals surface area contributed by atoms with Crippen molar-refractivity contribution in [2.45, 2.75) is 110 Å². The van der Waals surface area contributed by atoms with Crippen LogP contribution in [0.3, 0.4) is 0 Å². The molecule has 0 aliphatic heterocycles. The van der Waals surface area contributed by atoms with Gasteiger partial charge < -0.3 is 24.2 Å². The van der Waals surface area contributed by atoms with Crippen molar-refractivity contribution in [3.63, 3.8) is 0 Å². The standard InChI is InChI=1S/C27H58NO4/c1-3-4-5-6-7-8-9-10-11-12-13-14-15-16-17-18-19-28(2,20-24-31-26-22-29)21-25-32-27-23-30/h29-30H,3-27H2,1-2H3/q+1. The third kappa shape index (κ3) is 23.0. The Labute approximate surface area is 200 Å². The van der Waals surface area contributed by atoms with E-state index in [-0.39, 0.29) is 13.2 Å². The molecule has 0 radical (unpaired) electrons. The number of nitrogens with zero attached hydrogens (tertiary/aromatic N) is 1. The molecule has 0 spiro atoms. The van der Waals surface area contributed by atoms with Gasteiger partial charge in [0.15, 0.2) is 0 Å². The second-order valence-corrected chi connectivity index (χ2v) is 9.77. The topological polar surface area (TPSA) is 58.9 Å². The van der Waals surface area contributed by atoms with Gasteiger partial charge in [0.2, 0.25) is 0 Å². The molecule has 0 aromatic rings. The second kappa shape index (κ2) is 25.4. The van der Waals surface area contributed by atoms with Crippen molar-refractivity contribution in [1.29, 1.82) is 0 Å². The molecular formula is C27H58NO4+. The fraction of sp³-hybridized carbons (Fsp3) is 1.00. The number of aliphatic hydroxyl groups is 2. The van der Waals surface area contributed by atoms with Gasteiger partial charge in [-0.3, -0.25) is 0 Å². The van der Waals surface area contributed by atoms with Crippen LogP contribution in [-0.2, 0) is 9.47 Å². The van der Waals surface area contributed by atoms with Crippen LogP contribution in [0.5, 0.6) is 0 Å². The van der Waals surface area contributed by atoms with Gasteiger partial charge in [0.1, 0.15) is 13.1 Å². The monoisotopic (exact) mass is 460 g/mol.